The van der Waals surface area contributed by atoms with Gasteiger partial charge in [0.25, 0.3) is 0 Å². The van der Waals surface area contributed by atoms with Gasteiger partial charge in [-0.25, -0.2) is 37.8 Å². The second-order valence-electron chi connectivity index (χ2n) is 8.23. The van der Waals surface area contributed by atoms with Crippen LogP contribution in [0.2, 0.25) is 0 Å². The minimum atomic E-state index is 0. The van der Waals surface area contributed by atoms with E-state index in [1.54, 1.807) is 33.4 Å². The van der Waals surface area contributed by atoms with E-state index in [-0.39, 0.29) is 17.1 Å². The van der Waals surface area contributed by atoms with E-state index in [9.17, 15) is 0 Å². The molecule has 0 saturated heterocycles. The molecule has 0 aliphatic carbocycles. The molecule has 0 fully saturated rings. The van der Waals surface area contributed by atoms with Crippen LogP contribution in [-0.4, -0.2) is 0 Å². The zero-order valence-corrected chi connectivity index (χ0v) is 21.3. The first-order valence-corrected chi connectivity index (χ1v) is 12.2. The van der Waals surface area contributed by atoms with E-state index < -0.39 is 0 Å². The molecular formula is C28H46Fe-6. The molecule has 0 bridgehead atoms. The van der Waals surface area contributed by atoms with Crippen molar-refractivity contribution in [2.24, 2.45) is 0 Å². The minimum absolute atomic E-state index is 0. The van der Waals surface area contributed by atoms with E-state index in [2.05, 4.69) is 65.8 Å². The standard InChI is InChI=1S/C17H29.C11H17.Fe/c1-5-9-14-13-15(10-6-2)17(12-8-4)16(14)11-7-3;1-3-6-10-8-5-9-11(10)7-4-2;/h13H,5-12H2,1-4H3;5,8-9H,3-4,6-7H2,1-2H3;/q-5;-1;. The van der Waals surface area contributed by atoms with Crippen LogP contribution < -0.4 is 0 Å². The van der Waals surface area contributed by atoms with Gasteiger partial charge >= 0.3 is 0 Å². The van der Waals surface area contributed by atoms with Crippen LogP contribution in [0.5, 0.6) is 0 Å². The Labute approximate surface area is 193 Å². The largest absolute Gasteiger partial charge is 0.742 e. The van der Waals surface area contributed by atoms with Crippen molar-refractivity contribution in [2.75, 3.05) is 0 Å². The van der Waals surface area contributed by atoms with Gasteiger partial charge in [-0.3, -0.25) is 0 Å². The number of rotatable bonds is 12. The minimum Gasteiger partial charge on any atom is -0.742 e. The molecule has 0 N–H and O–H groups in total. The van der Waals surface area contributed by atoms with Gasteiger partial charge < -0.3 is 28.3 Å². The van der Waals surface area contributed by atoms with Crippen LogP contribution in [0.15, 0.2) is 24.3 Å². The van der Waals surface area contributed by atoms with Crippen molar-refractivity contribution in [3.05, 3.63) is 57.6 Å². The van der Waals surface area contributed by atoms with Crippen LogP contribution in [0, 0.1) is 0 Å². The Balaban J connectivity index is 0.000000568. The monoisotopic (exact) mass is 438 g/mol. The molecule has 0 atom stereocenters. The molecule has 172 valence electrons. The summed E-state index contributed by atoms with van der Waals surface area (Å²) in [6.45, 7) is 13.7. The summed E-state index contributed by atoms with van der Waals surface area (Å²) in [5.41, 5.74) is 9.85. The van der Waals surface area contributed by atoms with Crippen LogP contribution in [0.1, 0.15) is 113 Å². The zero-order chi connectivity index (χ0) is 20.8. The first-order chi connectivity index (χ1) is 13.7. The second-order valence-corrected chi connectivity index (χ2v) is 8.23. The molecule has 29 heavy (non-hydrogen) atoms. The molecule has 1 heteroatoms. The fourth-order valence-corrected chi connectivity index (χ4v) is 4.40. The van der Waals surface area contributed by atoms with E-state index >= 15 is 0 Å². The van der Waals surface area contributed by atoms with Gasteiger partial charge in [0.2, 0.25) is 0 Å². The summed E-state index contributed by atoms with van der Waals surface area (Å²) < 4.78 is 0. The predicted octanol–water partition coefficient (Wildman–Crippen LogP) is 8.52. The Morgan fingerprint density at radius 2 is 1.14 bits per heavy atom. The number of hydrogen-bond acceptors (Lipinski definition) is 0. The van der Waals surface area contributed by atoms with Crippen molar-refractivity contribution in [1.29, 1.82) is 0 Å². The third-order valence-electron chi connectivity index (χ3n) is 5.57. The molecule has 0 radical (unpaired) electrons. The van der Waals surface area contributed by atoms with Crippen LogP contribution >= 0.6 is 0 Å². The third-order valence-corrected chi connectivity index (χ3v) is 5.57. The van der Waals surface area contributed by atoms with E-state index in [1.807, 2.05) is 0 Å². The smallest absolute Gasteiger partial charge is 0 e. The molecule has 0 aliphatic heterocycles. The summed E-state index contributed by atoms with van der Waals surface area (Å²) in [5, 5.41) is 0. The Morgan fingerprint density at radius 1 is 0.655 bits per heavy atom. The van der Waals surface area contributed by atoms with Crippen molar-refractivity contribution >= 4 is 0 Å². The molecule has 0 aliphatic rings. The van der Waals surface area contributed by atoms with Gasteiger partial charge in [0, 0.05) is 17.1 Å². The van der Waals surface area contributed by atoms with Gasteiger partial charge in [0.15, 0.2) is 0 Å². The normalized spacial score (nSPS) is 10.4. The maximum absolute atomic E-state index is 2.52. The van der Waals surface area contributed by atoms with Crippen molar-refractivity contribution in [3.8, 4) is 0 Å². The molecule has 0 saturated carbocycles. The summed E-state index contributed by atoms with van der Waals surface area (Å²) in [6.07, 6.45) is 15.3. The van der Waals surface area contributed by atoms with Gasteiger partial charge in [-0.05, 0) is 0 Å². The Hall–Kier alpha value is -0.781. The molecule has 2 rings (SSSR count). The molecule has 0 heterocycles. The Bertz CT molecular complexity index is 578. The molecule has 0 nitrogen and oxygen atoms in total. The van der Waals surface area contributed by atoms with Crippen LogP contribution in [0.4, 0.5) is 0 Å². The van der Waals surface area contributed by atoms with E-state index in [1.165, 1.54) is 77.0 Å². The van der Waals surface area contributed by atoms with Crippen LogP contribution in [0.3, 0.4) is 0 Å². The summed E-state index contributed by atoms with van der Waals surface area (Å²) >= 11 is 0. The maximum Gasteiger partial charge on any atom is 0 e. The van der Waals surface area contributed by atoms with E-state index in [0.717, 1.165) is 0 Å². The molecule has 0 spiro atoms. The molecule has 0 aromatic heterocycles. The summed E-state index contributed by atoms with van der Waals surface area (Å²) in [7, 11) is 0. The topological polar surface area (TPSA) is 0 Å². The van der Waals surface area contributed by atoms with Crippen molar-refractivity contribution < 1.29 is 17.1 Å². The molecule has 2 aromatic carbocycles. The van der Waals surface area contributed by atoms with E-state index in [0.29, 0.717) is 0 Å². The molecule has 0 unspecified atom stereocenters. The predicted molar refractivity (Wildman–Crippen MR) is 128 cm³/mol. The van der Waals surface area contributed by atoms with Gasteiger partial charge in [0.1, 0.15) is 0 Å². The van der Waals surface area contributed by atoms with Gasteiger partial charge in [-0.2, -0.15) is 17.2 Å². The molecule has 2 aromatic rings. The first-order valence-electron chi connectivity index (χ1n) is 12.2. The second kappa shape index (κ2) is 17.0. The van der Waals surface area contributed by atoms with Gasteiger partial charge in [-0.1, -0.05) is 92.9 Å². The first kappa shape index (κ1) is 28.2. The Kier molecular flexibility index (Phi) is 16.5. The Morgan fingerprint density at radius 3 is 1.55 bits per heavy atom. The van der Waals surface area contributed by atoms with E-state index in [4.69, 9.17) is 0 Å². The summed E-state index contributed by atoms with van der Waals surface area (Å²) in [4.78, 5) is 0. The number of hydrogen-bond donors (Lipinski definition) is 0. The zero-order valence-electron chi connectivity index (χ0n) is 20.1. The van der Waals surface area contributed by atoms with Gasteiger partial charge in [0.05, 0.1) is 0 Å². The average molecular weight is 439 g/mol. The van der Waals surface area contributed by atoms with Crippen molar-refractivity contribution in [2.45, 2.75) is 119 Å². The quantitative estimate of drug-likeness (QED) is 0.230. The SMILES string of the molecule is CCC[c-]1[cH-][c-](CCC)[c-](CCC)[c-]1CCC.CCCc1ccc[c-]1CCC.[Fe]. The fourth-order valence-electron chi connectivity index (χ4n) is 4.40. The molecule has 0 amide bonds. The maximum atomic E-state index is 2.52. The van der Waals surface area contributed by atoms with Crippen molar-refractivity contribution in [1.82, 2.24) is 0 Å². The van der Waals surface area contributed by atoms with Gasteiger partial charge in [-0.15, -0.1) is 0 Å². The third kappa shape index (κ3) is 9.27. The fraction of sp³-hybridized carbons (Fsp3) is 0.643. The van der Waals surface area contributed by atoms with Crippen LogP contribution in [-0.2, 0) is 55.6 Å². The number of aryl methyl sites for hydroxylation is 4. The summed E-state index contributed by atoms with van der Waals surface area (Å²) in [5.74, 6) is 0. The summed E-state index contributed by atoms with van der Waals surface area (Å²) in [6, 6.07) is 9.21. The average Bonchev–Trinajstić information content (AvgIpc) is 3.24. The molecular weight excluding hydrogens is 392 g/mol. The van der Waals surface area contributed by atoms with Crippen molar-refractivity contribution in [3.63, 3.8) is 0 Å². The van der Waals surface area contributed by atoms with Crippen LogP contribution in [0.25, 0.3) is 0 Å².